The van der Waals surface area contributed by atoms with Crippen molar-refractivity contribution < 1.29 is 32.6 Å². The molecule has 0 aliphatic heterocycles. The lowest BCUT2D eigenvalue weighted by Crippen LogP contribution is -2.42. The van der Waals surface area contributed by atoms with Gasteiger partial charge in [-0.15, -0.1) is 0 Å². The lowest BCUT2D eigenvalue weighted by Gasteiger charge is -2.37. The number of benzene rings is 2. The van der Waals surface area contributed by atoms with Crippen molar-refractivity contribution in [2.75, 3.05) is 7.11 Å². The van der Waals surface area contributed by atoms with Crippen molar-refractivity contribution in [3.05, 3.63) is 53.1 Å². The van der Waals surface area contributed by atoms with Gasteiger partial charge in [0.2, 0.25) is 5.91 Å². The van der Waals surface area contributed by atoms with Crippen molar-refractivity contribution in [1.29, 1.82) is 0 Å². The Labute approximate surface area is 178 Å². The van der Waals surface area contributed by atoms with Gasteiger partial charge in [-0.2, -0.15) is 13.2 Å². The second-order valence-electron chi connectivity index (χ2n) is 7.67. The lowest BCUT2D eigenvalue weighted by atomic mass is 9.89. The highest BCUT2D eigenvalue weighted by molar-refractivity contribution is 5.79. The summed E-state index contributed by atoms with van der Waals surface area (Å²) in [6.45, 7) is 1.82. The van der Waals surface area contributed by atoms with Crippen LogP contribution >= 0.6 is 0 Å². The van der Waals surface area contributed by atoms with Gasteiger partial charge in [-0.3, -0.25) is 9.59 Å². The van der Waals surface area contributed by atoms with Crippen molar-refractivity contribution in [2.24, 2.45) is 0 Å². The van der Waals surface area contributed by atoms with Gasteiger partial charge < -0.3 is 14.7 Å². The predicted octanol–water partition coefficient (Wildman–Crippen LogP) is 4.91. The Bertz CT molecular complexity index is 983. The number of methoxy groups -OCH3 is 1. The number of carboxylic acid groups (broad SMARTS) is 1. The van der Waals surface area contributed by atoms with Gasteiger partial charge in [0.1, 0.15) is 5.75 Å². The van der Waals surface area contributed by atoms with E-state index < -0.39 is 24.1 Å². The fourth-order valence-electron chi connectivity index (χ4n) is 3.88. The Kier molecular flexibility index (Phi) is 6.57. The number of aliphatic carboxylic acids is 1. The van der Waals surface area contributed by atoms with Gasteiger partial charge in [-0.1, -0.05) is 24.3 Å². The van der Waals surface area contributed by atoms with Crippen molar-refractivity contribution >= 4 is 11.9 Å². The maximum Gasteiger partial charge on any atom is 0.416 e. The van der Waals surface area contributed by atoms with Crippen LogP contribution in [0.3, 0.4) is 0 Å². The highest BCUT2D eigenvalue weighted by atomic mass is 19.4. The maximum atomic E-state index is 13.5. The van der Waals surface area contributed by atoms with E-state index >= 15 is 0 Å². The number of ether oxygens (including phenoxy) is 1. The molecule has 8 heteroatoms. The fraction of sp³-hybridized carbons (Fsp3) is 0.391. The summed E-state index contributed by atoms with van der Waals surface area (Å²) in [7, 11) is 1.27. The Hall–Kier alpha value is -3.03. The third-order valence-electron chi connectivity index (χ3n) is 5.64. The minimum Gasteiger partial charge on any atom is -0.496 e. The molecule has 0 atom stereocenters. The van der Waals surface area contributed by atoms with Crippen LogP contribution in [0.4, 0.5) is 13.2 Å². The summed E-state index contributed by atoms with van der Waals surface area (Å²) in [6, 6.07) is 9.33. The average Bonchev–Trinajstić information content (AvgIpc) is 2.64. The number of nitrogens with zero attached hydrogens (tertiary/aromatic N) is 1. The number of halogens is 3. The Morgan fingerprint density at radius 2 is 1.81 bits per heavy atom. The molecule has 166 valence electrons. The fourth-order valence-corrected chi connectivity index (χ4v) is 3.88. The van der Waals surface area contributed by atoms with E-state index in [2.05, 4.69) is 0 Å². The number of hydrogen-bond donors (Lipinski definition) is 1. The summed E-state index contributed by atoms with van der Waals surface area (Å²) in [5, 5.41) is 9.13. The first-order valence-corrected chi connectivity index (χ1v) is 9.97. The zero-order valence-corrected chi connectivity index (χ0v) is 17.3. The number of carbonyl (C=O) groups excluding carboxylic acids is 1. The molecule has 1 aliphatic carbocycles. The van der Waals surface area contributed by atoms with Gasteiger partial charge in [-0.05, 0) is 48.1 Å². The molecule has 1 fully saturated rings. The summed E-state index contributed by atoms with van der Waals surface area (Å²) < 4.78 is 45.8. The maximum absolute atomic E-state index is 13.5. The Balaban J connectivity index is 2.12. The van der Waals surface area contributed by atoms with E-state index in [0.717, 1.165) is 30.9 Å². The van der Waals surface area contributed by atoms with Crippen LogP contribution in [0, 0.1) is 0 Å². The van der Waals surface area contributed by atoms with E-state index in [9.17, 15) is 22.8 Å². The van der Waals surface area contributed by atoms with Gasteiger partial charge in [0.25, 0.3) is 0 Å². The van der Waals surface area contributed by atoms with Crippen LogP contribution < -0.4 is 4.74 Å². The second kappa shape index (κ2) is 8.99. The Morgan fingerprint density at radius 1 is 1.13 bits per heavy atom. The third kappa shape index (κ3) is 5.00. The molecule has 0 bridgehead atoms. The molecular weight excluding hydrogens is 411 g/mol. The number of alkyl halides is 3. The van der Waals surface area contributed by atoms with E-state index in [1.165, 1.54) is 20.1 Å². The molecule has 1 N–H and O–H groups in total. The Morgan fingerprint density at radius 3 is 2.32 bits per heavy atom. The molecule has 1 saturated carbocycles. The first kappa shape index (κ1) is 22.7. The molecule has 31 heavy (non-hydrogen) atoms. The molecule has 3 rings (SSSR count). The summed E-state index contributed by atoms with van der Waals surface area (Å²) in [5.41, 5.74) is 0.342. The molecule has 0 heterocycles. The highest BCUT2D eigenvalue weighted by Crippen LogP contribution is 2.41. The van der Waals surface area contributed by atoms with Crippen molar-refractivity contribution in [2.45, 2.75) is 51.4 Å². The van der Waals surface area contributed by atoms with Crippen LogP contribution in [0.1, 0.15) is 42.9 Å². The largest absolute Gasteiger partial charge is 0.496 e. The van der Waals surface area contributed by atoms with E-state index in [1.54, 1.807) is 23.1 Å². The SMILES string of the molecule is COc1cc(C(F)(F)F)c(CC(=O)O)cc1-c1ccccc1CN(C(C)=O)C1CCC1. The summed E-state index contributed by atoms with van der Waals surface area (Å²) in [6.07, 6.45) is -2.58. The summed E-state index contributed by atoms with van der Waals surface area (Å²) in [5.74, 6) is -1.43. The first-order chi connectivity index (χ1) is 14.6. The van der Waals surface area contributed by atoms with E-state index in [4.69, 9.17) is 9.84 Å². The third-order valence-corrected chi connectivity index (χ3v) is 5.64. The normalized spacial score (nSPS) is 14.1. The number of carbonyl (C=O) groups is 2. The van der Waals surface area contributed by atoms with E-state index in [1.807, 2.05) is 6.07 Å². The lowest BCUT2D eigenvalue weighted by molar-refractivity contribution is -0.140. The topological polar surface area (TPSA) is 66.8 Å². The average molecular weight is 435 g/mol. The highest BCUT2D eigenvalue weighted by Gasteiger charge is 2.35. The van der Waals surface area contributed by atoms with Crippen LogP contribution in [-0.2, 0) is 28.7 Å². The molecule has 0 saturated heterocycles. The van der Waals surface area contributed by atoms with Crippen molar-refractivity contribution in [3.8, 4) is 16.9 Å². The van der Waals surface area contributed by atoms with Crippen LogP contribution in [-0.4, -0.2) is 35.0 Å². The van der Waals surface area contributed by atoms with Crippen LogP contribution in [0.25, 0.3) is 11.1 Å². The molecule has 1 amide bonds. The van der Waals surface area contributed by atoms with Gasteiger partial charge in [0, 0.05) is 25.1 Å². The van der Waals surface area contributed by atoms with E-state index in [0.29, 0.717) is 17.7 Å². The van der Waals surface area contributed by atoms with Crippen LogP contribution in [0.15, 0.2) is 36.4 Å². The molecule has 0 aromatic heterocycles. The predicted molar refractivity (Wildman–Crippen MR) is 109 cm³/mol. The van der Waals surface area contributed by atoms with Crippen LogP contribution in [0.2, 0.25) is 0 Å². The van der Waals surface area contributed by atoms with Crippen molar-refractivity contribution in [1.82, 2.24) is 4.90 Å². The zero-order valence-electron chi connectivity index (χ0n) is 17.3. The quantitative estimate of drug-likeness (QED) is 0.671. The van der Waals surface area contributed by atoms with Gasteiger partial charge in [-0.25, -0.2) is 0 Å². The summed E-state index contributed by atoms with van der Waals surface area (Å²) >= 11 is 0. The summed E-state index contributed by atoms with van der Waals surface area (Å²) in [4.78, 5) is 25.2. The standard InChI is InChI=1S/C23H24F3NO4/c1-14(28)27(17-7-5-8-17)13-15-6-3-4-9-18(15)19-10-16(11-22(29)30)20(23(24,25)26)12-21(19)31-2/h3-4,6,9-10,12,17H,5,7-8,11,13H2,1-2H3,(H,29,30). The van der Waals surface area contributed by atoms with Gasteiger partial charge in [0.15, 0.2) is 0 Å². The van der Waals surface area contributed by atoms with Gasteiger partial charge in [0.05, 0.1) is 19.1 Å². The zero-order chi connectivity index (χ0) is 22.8. The monoisotopic (exact) mass is 435 g/mol. The minimum absolute atomic E-state index is 0.00747. The van der Waals surface area contributed by atoms with Gasteiger partial charge >= 0.3 is 12.1 Å². The smallest absolute Gasteiger partial charge is 0.416 e. The number of amides is 1. The first-order valence-electron chi connectivity index (χ1n) is 9.97. The molecule has 5 nitrogen and oxygen atoms in total. The number of carboxylic acids is 1. The molecule has 0 spiro atoms. The minimum atomic E-state index is -4.72. The number of rotatable bonds is 7. The molecule has 0 unspecified atom stereocenters. The molecule has 2 aromatic rings. The molecule has 0 radical (unpaired) electrons. The number of hydrogen-bond acceptors (Lipinski definition) is 3. The molecular formula is C23H24F3NO4. The molecule has 1 aliphatic rings. The second-order valence-corrected chi connectivity index (χ2v) is 7.67. The molecule has 2 aromatic carbocycles. The van der Waals surface area contributed by atoms with Crippen LogP contribution in [0.5, 0.6) is 5.75 Å². The van der Waals surface area contributed by atoms with E-state index in [-0.39, 0.29) is 23.3 Å². The van der Waals surface area contributed by atoms with Crippen molar-refractivity contribution in [3.63, 3.8) is 0 Å².